The number of alkyl halides is 6. The van der Waals surface area contributed by atoms with Crippen LogP contribution in [0.4, 0.5) is 37.7 Å². The van der Waals surface area contributed by atoms with Gasteiger partial charge in [-0.2, -0.15) is 26.3 Å². The fraction of sp³-hybridized carbons (Fsp3) is 0.188. The Morgan fingerprint density at radius 2 is 1.10 bits per heavy atom. The van der Waals surface area contributed by atoms with Crippen LogP contribution in [-0.4, -0.2) is 44.4 Å². The quantitative estimate of drug-likeness (QED) is 0.0501. The molecule has 0 atom stereocenters. The number of ether oxygens (including phenoxy) is 2. The molecule has 12 nitrogen and oxygen atoms in total. The first kappa shape index (κ1) is 40.9. The van der Waals surface area contributed by atoms with E-state index in [0.29, 0.717) is 10.5 Å². The highest BCUT2D eigenvalue weighted by atomic mass is 32.2. The van der Waals surface area contributed by atoms with E-state index in [4.69, 9.17) is 0 Å². The first-order valence-corrected chi connectivity index (χ1v) is 16.7. The number of esters is 2. The van der Waals surface area contributed by atoms with Crippen LogP contribution in [0.3, 0.4) is 0 Å². The molecule has 0 N–H and O–H groups in total. The highest BCUT2D eigenvalue weighted by Crippen LogP contribution is 2.35. The van der Waals surface area contributed by atoms with Gasteiger partial charge in [0, 0.05) is 17.9 Å². The van der Waals surface area contributed by atoms with Crippen molar-refractivity contribution in [3.05, 3.63) is 139 Å². The summed E-state index contributed by atoms with van der Waals surface area (Å²) in [7, 11) is -2.03. The van der Waals surface area contributed by atoms with Crippen LogP contribution in [0.2, 0.25) is 0 Å². The lowest BCUT2D eigenvalue weighted by molar-refractivity contribution is -0.388. The molecule has 276 valence electrons. The topological polar surface area (TPSA) is 173 Å². The number of nitro benzene ring substituents is 2. The van der Waals surface area contributed by atoms with Crippen molar-refractivity contribution in [1.29, 1.82) is 0 Å². The number of methoxy groups -OCH3 is 2. The molecule has 4 rings (SSSR count). The summed E-state index contributed by atoms with van der Waals surface area (Å²) in [6.07, 6.45) is -8.98. The van der Waals surface area contributed by atoms with Crippen LogP contribution in [0, 0.1) is 20.2 Å². The van der Waals surface area contributed by atoms with Crippen molar-refractivity contribution in [1.82, 2.24) is 0 Å². The molecule has 0 heterocycles. The minimum absolute atomic E-state index is 0.0225. The molecule has 0 radical (unpaired) electrons. The molecule has 0 aliphatic rings. The molecule has 4 aromatic rings. The first-order chi connectivity index (χ1) is 24.2. The molecule has 4 aromatic carbocycles. The summed E-state index contributed by atoms with van der Waals surface area (Å²) >= 11 is 1.09. The monoisotopic (exact) mass is 774 g/mol. The van der Waals surface area contributed by atoms with Crippen molar-refractivity contribution >= 4 is 44.9 Å². The summed E-state index contributed by atoms with van der Waals surface area (Å²) in [6, 6.07) is 14.6. The number of halogens is 6. The third-order valence-corrected chi connectivity index (χ3v) is 9.66. The average Bonchev–Trinajstić information content (AvgIpc) is 3.09. The Labute approximate surface area is 294 Å². The molecule has 0 aromatic heterocycles. The Morgan fingerprint density at radius 3 is 1.52 bits per heavy atom. The Hall–Kier alpha value is -5.50. The zero-order valence-electron chi connectivity index (χ0n) is 26.6. The van der Waals surface area contributed by atoms with Gasteiger partial charge in [-0.15, -0.1) is 11.8 Å². The second-order valence-corrected chi connectivity index (χ2v) is 13.3. The van der Waals surface area contributed by atoms with Gasteiger partial charge in [-0.05, 0) is 59.7 Å². The number of thioether (sulfide) groups is 1. The van der Waals surface area contributed by atoms with Crippen LogP contribution in [0.1, 0.15) is 43.0 Å². The van der Waals surface area contributed by atoms with Crippen LogP contribution >= 0.6 is 11.8 Å². The number of nitro groups is 2. The van der Waals surface area contributed by atoms with E-state index in [1.807, 2.05) is 0 Å². The molecule has 0 unspecified atom stereocenters. The SMILES string of the molecule is COC(=O)c1ccc(S(=O)(=O)Cc2ccc(C(F)(F)F)cc2)c([N+](=O)[O-])c1.COC(=O)c1ccc(SCc2ccc(C(F)(F)F)cc2)c([N+](=O)[O-])c1. The number of hydrogen-bond donors (Lipinski definition) is 0. The predicted octanol–water partition coefficient (Wildman–Crippen LogP) is 8.07. The Balaban J connectivity index is 0.000000281. The van der Waals surface area contributed by atoms with Gasteiger partial charge in [0.2, 0.25) is 0 Å². The van der Waals surface area contributed by atoms with Crippen molar-refractivity contribution < 1.29 is 63.7 Å². The van der Waals surface area contributed by atoms with Gasteiger partial charge in [-0.25, -0.2) is 18.0 Å². The zero-order chi connectivity index (χ0) is 39.0. The molecular weight excluding hydrogens is 750 g/mol. The van der Waals surface area contributed by atoms with Crippen LogP contribution < -0.4 is 0 Å². The largest absolute Gasteiger partial charge is 0.465 e. The number of carbonyl (C=O) groups excluding carboxylic acids is 2. The highest BCUT2D eigenvalue weighted by Gasteiger charge is 2.32. The molecule has 0 aliphatic carbocycles. The normalized spacial score (nSPS) is 11.5. The van der Waals surface area contributed by atoms with E-state index in [2.05, 4.69) is 9.47 Å². The fourth-order valence-corrected chi connectivity index (χ4v) is 6.71. The summed E-state index contributed by atoms with van der Waals surface area (Å²) in [4.78, 5) is 43.3. The number of sulfone groups is 1. The smallest absolute Gasteiger partial charge is 0.416 e. The van der Waals surface area contributed by atoms with Gasteiger partial charge in [0.15, 0.2) is 9.84 Å². The van der Waals surface area contributed by atoms with Crippen LogP contribution in [0.5, 0.6) is 0 Å². The number of rotatable bonds is 10. The fourth-order valence-electron chi connectivity index (χ4n) is 4.23. The second kappa shape index (κ2) is 16.7. The Morgan fingerprint density at radius 1 is 0.673 bits per heavy atom. The van der Waals surface area contributed by atoms with Crippen LogP contribution in [0.15, 0.2) is 94.7 Å². The molecule has 52 heavy (non-hydrogen) atoms. The standard InChI is InChI=1S/C16H12F3NO6S.C16H12F3NO4S/c1-26-15(21)11-4-7-14(13(8-11)20(22)23)27(24,25)9-10-2-5-12(6-3-10)16(17,18)19;1-24-15(21)11-4-7-14(13(8-11)20(22)23)25-9-10-2-5-12(6-3-10)16(17,18)19/h2-8H,9H2,1H3;2-8H,9H2,1H3. The van der Waals surface area contributed by atoms with Gasteiger partial charge in [0.05, 0.1) is 57.0 Å². The molecule has 0 spiro atoms. The summed E-state index contributed by atoms with van der Waals surface area (Å²) in [5, 5.41) is 22.4. The van der Waals surface area contributed by atoms with Crippen molar-refractivity contribution in [2.75, 3.05) is 14.2 Å². The van der Waals surface area contributed by atoms with Crippen molar-refractivity contribution in [3.63, 3.8) is 0 Å². The number of benzene rings is 4. The number of hydrogen-bond acceptors (Lipinski definition) is 11. The lowest BCUT2D eigenvalue weighted by Crippen LogP contribution is -2.10. The van der Waals surface area contributed by atoms with Gasteiger partial charge in [-0.3, -0.25) is 20.2 Å². The van der Waals surface area contributed by atoms with Crippen molar-refractivity contribution in [2.24, 2.45) is 0 Å². The second-order valence-electron chi connectivity index (χ2n) is 10.3. The van der Waals surface area contributed by atoms with E-state index in [1.54, 1.807) is 0 Å². The predicted molar refractivity (Wildman–Crippen MR) is 172 cm³/mol. The Kier molecular flexibility index (Phi) is 13.1. The summed E-state index contributed by atoms with van der Waals surface area (Å²) in [6.45, 7) is 0. The van der Waals surface area contributed by atoms with Crippen LogP contribution in [-0.2, 0) is 43.2 Å². The van der Waals surface area contributed by atoms with E-state index in [-0.39, 0.29) is 28.1 Å². The van der Waals surface area contributed by atoms with Gasteiger partial charge in [-0.1, -0.05) is 24.3 Å². The van der Waals surface area contributed by atoms with Gasteiger partial charge in [0.1, 0.15) is 4.90 Å². The summed E-state index contributed by atoms with van der Waals surface area (Å²) < 4.78 is 109. The first-order valence-electron chi connectivity index (χ1n) is 14.1. The molecule has 0 saturated heterocycles. The minimum atomic E-state index is -4.57. The maximum atomic E-state index is 12.6. The molecular formula is C32H24F6N2O10S2. The van der Waals surface area contributed by atoms with Gasteiger partial charge >= 0.3 is 24.3 Å². The Bertz CT molecular complexity index is 2070. The van der Waals surface area contributed by atoms with E-state index in [9.17, 15) is 64.6 Å². The molecule has 0 amide bonds. The van der Waals surface area contributed by atoms with E-state index in [1.165, 1.54) is 31.4 Å². The van der Waals surface area contributed by atoms with E-state index in [0.717, 1.165) is 79.5 Å². The van der Waals surface area contributed by atoms with Gasteiger partial charge < -0.3 is 9.47 Å². The van der Waals surface area contributed by atoms with Crippen molar-refractivity contribution in [2.45, 2.75) is 33.6 Å². The van der Waals surface area contributed by atoms with Crippen molar-refractivity contribution in [3.8, 4) is 0 Å². The summed E-state index contributed by atoms with van der Waals surface area (Å²) in [5.74, 6) is -2.08. The maximum Gasteiger partial charge on any atom is 0.416 e. The zero-order valence-corrected chi connectivity index (χ0v) is 28.2. The summed E-state index contributed by atoms with van der Waals surface area (Å²) in [5.41, 5.74) is -2.35. The third kappa shape index (κ3) is 10.8. The maximum absolute atomic E-state index is 12.6. The molecule has 0 fully saturated rings. The lowest BCUT2D eigenvalue weighted by atomic mass is 10.1. The minimum Gasteiger partial charge on any atom is -0.465 e. The molecule has 0 aliphatic heterocycles. The lowest BCUT2D eigenvalue weighted by Gasteiger charge is -2.09. The highest BCUT2D eigenvalue weighted by molar-refractivity contribution is 7.98. The number of nitrogens with zero attached hydrogens (tertiary/aromatic N) is 2. The number of carbonyl (C=O) groups is 2. The molecule has 20 heteroatoms. The van der Waals surface area contributed by atoms with E-state index >= 15 is 0 Å². The van der Waals surface area contributed by atoms with Gasteiger partial charge in [0.25, 0.3) is 11.4 Å². The molecule has 0 bridgehead atoms. The van der Waals surface area contributed by atoms with E-state index < -0.39 is 71.4 Å². The third-order valence-electron chi connectivity index (χ3n) is 6.80. The van der Waals surface area contributed by atoms with Crippen LogP contribution in [0.25, 0.3) is 0 Å². The average molecular weight is 775 g/mol. The molecule has 0 saturated carbocycles.